The van der Waals surface area contributed by atoms with E-state index in [1.54, 1.807) is 0 Å². The molecule has 0 bridgehead atoms. The molecule has 2 atom stereocenters. The van der Waals surface area contributed by atoms with Crippen LogP contribution >= 0.6 is 7.82 Å². The molecule has 2 rings (SSSR count). The first-order chi connectivity index (χ1) is 7.18. The fourth-order valence-corrected chi connectivity index (χ4v) is 2.96. The van der Waals surface area contributed by atoms with Gasteiger partial charge >= 0.3 is 19.2 Å². The van der Waals surface area contributed by atoms with Crippen LogP contribution in [0.3, 0.4) is 0 Å². The monoisotopic (exact) mass is 258 g/mol. The van der Waals surface area contributed by atoms with Crippen molar-refractivity contribution in [3.8, 4) is 0 Å². The number of rotatable bonds is 3. The molecule has 0 N–H and O–H groups in total. The summed E-state index contributed by atoms with van der Waals surface area (Å²) in [4.78, 5) is 0. The number of phosphoric ester groups is 1. The van der Waals surface area contributed by atoms with Crippen LogP contribution in [0, 0.1) is 0 Å². The van der Waals surface area contributed by atoms with Gasteiger partial charge in [-0.3, -0.25) is 21.9 Å². The van der Waals surface area contributed by atoms with Gasteiger partial charge in [0.25, 0.3) is 0 Å². The average molecular weight is 258 g/mol. The van der Waals surface area contributed by atoms with E-state index in [1.807, 2.05) is 0 Å². The molecule has 0 aromatic rings. The van der Waals surface area contributed by atoms with E-state index < -0.39 is 25.3 Å². The lowest BCUT2D eigenvalue weighted by Gasteiger charge is -2.21. The minimum Gasteiger partial charge on any atom is -0.284 e. The molecule has 2 unspecified atom stereocenters. The Bertz CT molecular complexity index is 285. The third-order valence-corrected chi connectivity index (χ3v) is 4.09. The number of hydrogen-bond acceptors (Lipinski definition) is 7. The molecule has 88 valence electrons. The van der Waals surface area contributed by atoms with Gasteiger partial charge in [0.2, 0.25) is 0 Å². The zero-order chi connectivity index (χ0) is 10.7. The zero-order valence-corrected chi connectivity index (χ0v) is 9.54. The Hall–Kier alpha value is 0.180. The maximum atomic E-state index is 11.5. The molecular weight excluding hydrogens is 247 g/mol. The van der Waals surface area contributed by atoms with E-state index in [0.717, 1.165) is 0 Å². The highest BCUT2D eigenvalue weighted by Gasteiger charge is 2.34. The highest BCUT2D eigenvalue weighted by Crippen LogP contribution is 2.52. The Morgan fingerprint density at radius 1 is 1.33 bits per heavy atom. The Kier molecular flexibility index (Phi) is 3.89. The SMILES string of the molecule is O=S1OCCC(COP2(=O)OCCO2)O1. The van der Waals surface area contributed by atoms with Crippen molar-refractivity contribution in [1.29, 1.82) is 0 Å². The van der Waals surface area contributed by atoms with Crippen LogP contribution in [0.15, 0.2) is 0 Å². The summed E-state index contributed by atoms with van der Waals surface area (Å²) in [5.74, 6) is 0. The molecule has 2 heterocycles. The van der Waals surface area contributed by atoms with Crippen LogP contribution in [0.25, 0.3) is 0 Å². The fourth-order valence-electron chi connectivity index (χ4n) is 1.13. The van der Waals surface area contributed by atoms with Crippen LogP contribution < -0.4 is 0 Å². The highest BCUT2D eigenvalue weighted by atomic mass is 32.2. The van der Waals surface area contributed by atoms with Crippen molar-refractivity contribution in [1.82, 2.24) is 0 Å². The summed E-state index contributed by atoms with van der Waals surface area (Å²) < 4.78 is 46.5. The highest BCUT2D eigenvalue weighted by molar-refractivity contribution is 7.75. The van der Waals surface area contributed by atoms with Gasteiger partial charge in [-0.1, -0.05) is 0 Å². The summed E-state index contributed by atoms with van der Waals surface area (Å²) >= 11 is -1.74. The van der Waals surface area contributed by atoms with E-state index in [2.05, 4.69) is 4.18 Å². The maximum Gasteiger partial charge on any atom is 0.475 e. The third kappa shape index (κ3) is 3.32. The van der Waals surface area contributed by atoms with Crippen molar-refractivity contribution in [3.05, 3.63) is 0 Å². The second-order valence-corrected chi connectivity index (χ2v) is 5.45. The van der Waals surface area contributed by atoms with E-state index in [0.29, 0.717) is 13.0 Å². The first-order valence-electron chi connectivity index (χ1n) is 4.44. The van der Waals surface area contributed by atoms with Gasteiger partial charge in [0.05, 0.1) is 26.4 Å². The molecule has 0 radical (unpaired) electrons. The molecule has 2 fully saturated rings. The second-order valence-electron chi connectivity index (χ2n) is 2.94. The van der Waals surface area contributed by atoms with Gasteiger partial charge in [0.1, 0.15) is 6.10 Å². The van der Waals surface area contributed by atoms with Crippen molar-refractivity contribution >= 4 is 19.2 Å². The van der Waals surface area contributed by atoms with Crippen LogP contribution in [0.1, 0.15) is 6.42 Å². The summed E-state index contributed by atoms with van der Waals surface area (Å²) in [6.07, 6.45) is 0.129. The number of hydrogen-bond donors (Lipinski definition) is 0. The minimum atomic E-state index is -3.38. The maximum absolute atomic E-state index is 11.5. The Morgan fingerprint density at radius 3 is 2.73 bits per heavy atom. The van der Waals surface area contributed by atoms with Crippen molar-refractivity contribution < 1.29 is 30.7 Å². The van der Waals surface area contributed by atoms with Gasteiger partial charge in [0.15, 0.2) is 0 Å². The van der Waals surface area contributed by atoms with Crippen LogP contribution in [-0.2, 0) is 37.9 Å². The summed E-state index contributed by atoms with van der Waals surface area (Å²) in [7, 11) is -3.38. The lowest BCUT2D eigenvalue weighted by atomic mass is 10.3. The zero-order valence-electron chi connectivity index (χ0n) is 7.83. The van der Waals surface area contributed by atoms with Crippen molar-refractivity contribution in [2.75, 3.05) is 26.4 Å². The van der Waals surface area contributed by atoms with Crippen LogP contribution in [-0.4, -0.2) is 36.7 Å². The van der Waals surface area contributed by atoms with Gasteiger partial charge in [-0.15, -0.1) is 0 Å². The van der Waals surface area contributed by atoms with E-state index in [4.69, 9.17) is 17.8 Å². The molecule has 2 saturated heterocycles. The van der Waals surface area contributed by atoms with Crippen LogP contribution in [0.2, 0.25) is 0 Å². The summed E-state index contributed by atoms with van der Waals surface area (Å²) in [6.45, 7) is 0.870. The molecule has 15 heavy (non-hydrogen) atoms. The van der Waals surface area contributed by atoms with E-state index in [1.165, 1.54) is 0 Å². The Balaban J connectivity index is 1.77. The molecule has 0 aliphatic carbocycles. The second kappa shape index (κ2) is 5.01. The molecule has 7 nitrogen and oxygen atoms in total. The summed E-state index contributed by atoms with van der Waals surface area (Å²) in [6, 6.07) is 0. The lowest BCUT2D eigenvalue weighted by Crippen LogP contribution is -2.28. The summed E-state index contributed by atoms with van der Waals surface area (Å²) in [5, 5.41) is 0. The van der Waals surface area contributed by atoms with Gasteiger partial charge in [-0.2, -0.15) is 4.21 Å². The van der Waals surface area contributed by atoms with Gasteiger partial charge < -0.3 is 0 Å². The van der Waals surface area contributed by atoms with Gasteiger partial charge in [-0.25, -0.2) is 4.57 Å². The van der Waals surface area contributed by atoms with E-state index in [9.17, 15) is 8.77 Å². The Morgan fingerprint density at radius 2 is 2.07 bits per heavy atom. The molecule has 0 spiro atoms. The summed E-state index contributed by atoms with van der Waals surface area (Å²) in [5.41, 5.74) is 0. The topological polar surface area (TPSA) is 80.3 Å². The predicted molar refractivity (Wildman–Crippen MR) is 49.0 cm³/mol. The Labute approximate surface area is 89.5 Å². The van der Waals surface area contributed by atoms with Crippen molar-refractivity contribution in [2.24, 2.45) is 0 Å². The average Bonchev–Trinajstić information content (AvgIpc) is 2.63. The molecule has 0 saturated carbocycles. The standard InChI is InChI=1S/C6H11O7PS/c7-14(9-3-4-10-14)11-5-6-1-2-12-15(8)13-6/h6H,1-5H2. The molecule has 9 heteroatoms. The first-order valence-corrected chi connectivity index (χ1v) is 6.90. The van der Waals surface area contributed by atoms with Crippen LogP contribution in [0.5, 0.6) is 0 Å². The van der Waals surface area contributed by atoms with Crippen molar-refractivity contribution in [2.45, 2.75) is 12.5 Å². The van der Waals surface area contributed by atoms with E-state index >= 15 is 0 Å². The molecular formula is C6H11O7PS. The minimum absolute atomic E-state index is 0.0202. The molecule has 2 aliphatic rings. The van der Waals surface area contributed by atoms with Crippen molar-refractivity contribution in [3.63, 3.8) is 0 Å². The lowest BCUT2D eigenvalue weighted by molar-refractivity contribution is 0.0587. The first kappa shape index (κ1) is 11.7. The van der Waals surface area contributed by atoms with Gasteiger partial charge in [-0.05, 0) is 0 Å². The quantitative estimate of drug-likeness (QED) is 0.683. The molecule has 0 aromatic heterocycles. The molecule has 2 aliphatic heterocycles. The fraction of sp³-hybridized carbons (Fsp3) is 1.00. The van der Waals surface area contributed by atoms with Crippen LogP contribution in [0.4, 0.5) is 0 Å². The smallest absolute Gasteiger partial charge is 0.284 e. The normalized spacial score (nSPS) is 35.5. The number of phosphoric acid groups is 1. The largest absolute Gasteiger partial charge is 0.475 e. The molecule has 0 aromatic carbocycles. The van der Waals surface area contributed by atoms with E-state index in [-0.39, 0.29) is 19.8 Å². The molecule has 0 amide bonds. The third-order valence-electron chi connectivity index (χ3n) is 1.83. The van der Waals surface area contributed by atoms with Gasteiger partial charge in [0, 0.05) is 6.42 Å². The predicted octanol–water partition coefficient (Wildman–Crippen LogP) is 0.542.